The minimum Gasteiger partial charge on any atom is -0.480 e. The summed E-state index contributed by atoms with van der Waals surface area (Å²) in [6.07, 6.45) is 2.92. The number of thioether (sulfide) groups is 1. The summed E-state index contributed by atoms with van der Waals surface area (Å²) >= 11 is 1.18. The Balaban J connectivity index is 2.31. The predicted molar refractivity (Wildman–Crippen MR) is 42.8 cm³/mol. The third kappa shape index (κ3) is 2.55. The summed E-state index contributed by atoms with van der Waals surface area (Å²) in [5, 5.41) is 8.86. The van der Waals surface area contributed by atoms with Crippen LogP contribution >= 0.6 is 11.8 Å². The molecular formula is C6H8N2O3S. The molecule has 0 spiro atoms. The van der Waals surface area contributed by atoms with Crippen molar-refractivity contribution in [2.75, 3.05) is 5.75 Å². The van der Waals surface area contributed by atoms with E-state index < -0.39 is 12.0 Å². The Labute approximate surface area is 73.0 Å². The predicted octanol–water partition coefficient (Wildman–Crippen LogP) is 0.179. The molecule has 5 nitrogen and oxygen atoms in total. The third-order valence-corrected chi connectivity index (χ3v) is 2.09. The number of hydrogen-bond donors (Lipinski definition) is 2. The van der Waals surface area contributed by atoms with Gasteiger partial charge < -0.3 is 15.3 Å². The second kappa shape index (κ2) is 4.13. The summed E-state index contributed by atoms with van der Waals surface area (Å²) in [6.45, 7) is 0. The van der Waals surface area contributed by atoms with Crippen molar-refractivity contribution in [2.45, 2.75) is 11.3 Å². The molecule has 1 heterocycles. The molecule has 0 radical (unpaired) electrons. The molecule has 3 N–H and O–H groups in total. The highest BCUT2D eigenvalue weighted by Gasteiger charge is 2.12. The first-order valence-electron chi connectivity index (χ1n) is 3.21. The lowest BCUT2D eigenvalue weighted by Crippen LogP contribution is -2.32. The molecule has 0 fully saturated rings. The van der Waals surface area contributed by atoms with Crippen LogP contribution in [0.1, 0.15) is 0 Å². The Hall–Kier alpha value is -1.01. The number of aromatic nitrogens is 1. The fraction of sp³-hybridized carbons (Fsp3) is 0.333. The zero-order chi connectivity index (χ0) is 8.97. The van der Waals surface area contributed by atoms with E-state index >= 15 is 0 Å². The number of carbonyl (C=O) groups is 1. The van der Waals surface area contributed by atoms with Crippen molar-refractivity contribution in [1.82, 2.24) is 4.98 Å². The minimum absolute atomic E-state index is 0.260. The zero-order valence-electron chi connectivity index (χ0n) is 6.14. The van der Waals surface area contributed by atoms with Gasteiger partial charge in [-0.3, -0.25) is 4.79 Å². The van der Waals surface area contributed by atoms with Crippen molar-refractivity contribution in [2.24, 2.45) is 5.73 Å². The largest absolute Gasteiger partial charge is 0.480 e. The molecule has 1 unspecified atom stereocenters. The van der Waals surface area contributed by atoms with E-state index in [0.29, 0.717) is 5.22 Å². The fourth-order valence-electron chi connectivity index (χ4n) is 0.514. The fourth-order valence-corrected chi connectivity index (χ4v) is 1.24. The second-order valence-electron chi connectivity index (χ2n) is 2.05. The monoisotopic (exact) mass is 188 g/mol. The highest BCUT2D eigenvalue weighted by molar-refractivity contribution is 7.99. The molecule has 0 amide bonds. The van der Waals surface area contributed by atoms with Gasteiger partial charge in [0, 0.05) is 5.75 Å². The van der Waals surface area contributed by atoms with Crippen LogP contribution in [0.25, 0.3) is 0 Å². The van der Waals surface area contributed by atoms with E-state index in [9.17, 15) is 4.79 Å². The molecule has 12 heavy (non-hydrogen) atoms. The molecule has 0 aliphatic rings. The van der Waals surface area contributed by atoms with Crippen LogP contribution in [0, 0.1) is 0 Å². The molecule has 1 rings (SSSR count). The van der Waals surface area contributed by atoms with Crippen LogP contribution in [0.3, 0.4) is 0 Å². The van der Waals surface area contributed by atoms with E-state index in [1.165, 1.54) is 24.2 Å². The lowest BCUT2D eigenvalue weighted by Gasteiger charge is -2.01. The summed E-state index contributed by atoms with van der Waals surface area (Å²) in [7, 11) is 0. The van der Waals surface area contributed by atoms with Gasteiger partial charge in [-0.1, -0.05) is 11.8 Å². The van der Waals surface area contributed by atoms with E-state index in [0.717, 1.165) is 0 Å². The van der Waals surface area contributed by atoms with Crippen LogP contribution in [0.5, 0.6) is 0 Å². The van der Waals surface area contributed by atoms with E-state index in [4.69, 9.17) is 15.3 Å². The Morgan fingerprint density at radius 1 is 1.92 bits per heavy atom. The summed E-state index contributed by atoms with van der Waals surface area (Å²) in [6, 6.07) is -0.873. The normalized spacial score (nSPS) is 12.8. The maximum Gasteiger partial charge on any atom is 0.321 e. The van der Waals surface area contributed by atoms with Gasteiger partial charge in [-0.05, 0) is 0 Å². The van der Waals surface area contributed by atoms with Gasteiger partial charge in [0.15, 0.2) is 0 Å². The summed E-state index contributed by atoms with van der Waals surface area (Å²) < 4.78 is 4.87. The molecule has 1 aromatic heterocycles. The van der Waals surface area contributed by atoms with E-state index in [1.54, 1.807) is 0 Å². The van der Waals surface area contributed by atoms with Crippen LogP contribution in [0.15, 0.2) is 22.1 Å². The number of carboxylic acids is 1. The topological polar surface area (TPSA) is 89.4 Å². The zero-order valence-corrected chi connectivity index (χ0v) is 6.95. The number of oxazole rings is 1. The Morgan fingerprint density at radius 2 is 2.67 bits per heavy atom. The lowest BCUT2D eigenvalue weighted by atomic mass is 10.4. The van der Waals surface area contributed by atoms with Gasteiger partial charge in [0.05, 0.1) is 6.20 Å². The Kier molecular flexibility index (Phi) is 3.12. The van der Waals surface area contributed by atoms with E-state index in [2.05, 4.69) is 4.98 Å². The number of carboxylic acid groups (broad SMARTS) is 1. The molecule has 6 heteroatoms. The Morgan fingerprint density at radius 3 is 3.17 bits per heavy atom. The number of nitrogens with zero attached hydrogens (tertiary/aromatic N) is 1. The van der Waals surface area contributed by atoms with Gasteiger partial charge in [0.25, 0.3) is 5.22 Å². The SMILES string of the molecule is NC(CSc1ncco1)C(=O)O. The molecule has 0 saturated carbocycles. The average molecular weight is 188 g/mol. The Bertz CT molecular complexity index is 249. The summed E-state index contributed by atoms with van der Waals surface area (Å²) in [5.74, 6) is -0.760. The van der Waals surface area contributed by atoms with Gasteiger partial charge in [-0.25, -0.2) is 4.98 Å². The standard InChI is InChI=1S/C6H8N2O3S/c7-4(5(9)10)3-12-6-8-1-2-11-6/h1-2,4H,3,7H2,(H,9,10). The van der Waals surface area contributed by atoms with E-state index in [1.807, 2.05) is 0 Å². The molecule has 0 aliphatic carbocycles. The number of nitrogens with two attached hydrogens (primary N) is 1. The van der Waals surface area contributed by atoms with Crippen LogP contribution in [-0.4, -0.2) is 27.9 Å². The van der Waals surface area contributed by atoms with Crippen LogP contribution in [0.2, 0.25) is 0 Å². The average Bonchev–Trinajstić information content (AvgIpc) is 2.51. The van der Waals surface area contributed by atoms with Gasteiger partial charge in [0.1, 0.15) is 12.3 Å². The smallest absolute Gasteiger partial charge is 0.321 e. The first kappa shape index (κ1) is 9.08. The van der Waals surface area contributed by atoms with E-state index in [-0.39, 0.29) is 5.75 Å². The number of aliphatic carboxylic acids is 1. The maximum absolute atomic E-state index is 10.3. The molecule has 0 saturated heterocycles. The van der Waals surface area contributed by atoms with Crippen molar-refractivity contribution < 1.29 is 14.3 Å². The molecule has 1 atom stereocenters. The number of rotatable bonds is 4. The first-order chi connectivity index (χ1) is 5.70. The number of hydrogen-bond acceptors (Lipinski definition) is 5. The molecule has 0 aliphatic heterocycles. The highest BCUT2D eigenvalue weighted by atomic mass is 32.2. The van der Waals surface area contributed by atoms with Gasteiger partial charge in [-0.15, -0.1) is 0 Å². The van der Waals surface area contributed by atoms with Gasteiger partial charge in [0.2, 0.25) is 0 Å². The van der Waals surface area contributed by atoms with Crippen molar-refractivity contribution in [3.8, 4) is 0 Å². The summed E-state index contributed by atoms with van der Waals surface area (Å²) in [5.41, 5.74) is 5.24. The molecule has 0 aromatic carbocycles. The van der Waals surface area contributed by atoms with Crippen LogP contribution in [-0.2, 0) is 4.79 Å². The summed E-state index contributed by atoms with van der Waals surface area (Å²) in [4.78, 5) is 14.1. The molecular weight excluding hydrogens is 180 g/mol. The minimum atomic E-state index is -1.02. The van der Waals surface area contributed by atoms with Crippen molar-refractivity contribution >= 4 is 17.7 Å². The third-order valence-electron chi connectivity index (χ3n) is 1.11. The quantitative estimate of drug-likeness (QED) is 0.655. The molecule has 66 valence electrons. The lowest BCUT2D eigenvalue weighted by molar-refractivity contribution is -0.137. The second-order valence-corrected chi connectivity index (χ2v) is 3.02. The van der Waals surface area contributed by atoms with Crippen molar-refractivity contribution in [3.63, 3.8) is 0 Å². The van der Waals surface area contributed by atoms with Gasteiger partial charge in [-0.2, -0.15) is 0 Å². The van der Waals surface area contributed by atoms with Crippen LogP contribution in [0.4, 0.5) is 0 Å². The molecule has 0 bridgehead atoms. The van der Waals surface area contributed by atoms with Crippen molar-refractivity contribution in [1.29, 1.82) is 0 Å². The maximum atomic E-state index is 10.3. The molecule has 1 aromatic rings. The van der Waals surface area contributed by atoms with Crippen LogP contribution < -0.4 is 5.73 Å². The van der Waals surface area contributed by atoms with Gasteiger partial charge >= 0.3 is 5.97 Å². The highest BCUT2D eigenvalue weighted by Crippen LogP contribution is 2.14. The van der Waals surface area contributed by atoms with Crippen molar-refractivity contribution in [3.05, 3.63) is 12.5 Å². The first-order valence-corrected chi connectivity index (χ1v) is 4.19.